The molecule has 0 amide bonds. The third-order valence-electron chi connectivity index (χ3n) is 5.49. The summed E-state index contributed by atoms with van der Waals surface area (Å²) in [6.45, 7) is 4.66. The standard InChI is InChI=1S/C22H28N4O3S/c1-15-13-30-22-20(15)21(24-14-25-22)26-7-5-17(6-8-26)23-10-18(28)12-29-19-4-2-3-16(9-19)11-27/h2-4,9,13-14,17-18,23,27-28H,5-8,10-12H2,1H3. The van der Waals surface area contributed by atoms with Gasteiger partial charge < -0.3 is 25.2 Å². The van der Waals surface area contributed by atoms with E-state index >= 15 is 0 Å². The van der Waals surface area contributed by atoms with E-state index in [9.17, 15) is 10.2 Å². The van der Waals surface area contributed by atoms with Crippen LogP contribution >= 0.6 is 11.3 Å². The number of benzene rings is 1. The Kier molecular flexibility index (Phi) is 6.79. The van der Waals surface area contributed by atoms with Crippen molar-refractivity contribution in [1.29, 1.82) is 0 Å². The lowest BCUT2D eigenvalue weighted by Crippen LogP contribution is -2.45. The second-order valence-electron chi connectivity index (χ2n) is 7.74. The van der Waals surface area contributed by atoms with Crippen molar-refractivity contribution in [2.24, 2.45) is 0 Å². The van der Waals surface area contributed by atoms with E-state index in [0.29, 0.717) is 18.3 Å². The van der Waals surface area contributed by atoms with E-state index < -0.39 is 6.10 Å². The first kappa shape index (κ1) is 21.0. The summed E-state index contributed by atoms with van der Waals surface area (Å²) in [6, 6.07) is 7.66. The minimum Gasteiger partial charge on any atom is -0.491 e. The number of hydrogen-bond donors (Lipinski definition) is 3. The molecule has 0 saturated carbocycles. The molecule has 1 aliphatic heterocycles. The van der Waals surface area contributed by atoms with Crippen molar-refractivity contribution in [3.63, 3.8) is 0 Å². The number of aliphatic hydroxyl groups excluding tert-OH is 2. The molecule has 2 aromatic heterocycles. The fourth-order valence-electron chi connectivity index (χ4n) is 3.82. The summed E-state index contributed by atoms with van der Waals surface area (Å²) >= 11 is 1.67. The molecule has 1 aliphatic rings. The minimum absolute atomic E-state index is 0.0213. The van der Waals surface area contributed by atoms with E-state index in [1.807, 2.05) is 18.2 Å². The van der Waals surface area contributed by atoms with E-state index in [1.165, 1.54) is 10.9 Å². The molecule has 1 atom stereocenters. The number of piperidine rings is 1. The van der Waals surface area contributed by atoms with Crippen LogP contribution in [0, 0.1) is 6.92 Å². The van der Waals surface area contributed by atoms with Crippen LogP contribution < -0.4 is 15.0 Å². The lowest BCUT2D eigenvalue weighted by molar-refractivity contribution is 0.102. The molecule has 8 heteroatoms. The van der Waals surface area contributed by atoms with Crippen molar-refractivity contribution in [2.75, 3.05) is 31.1 Å². The van der Waals surface area contributed by atoms with E-state index in [2.05, 4.69) is 32.5 Å². The van der Waals surface area contributed by atoms with Gasteiger partial charge in [-0.25, -0.2) is 9.97 Å². The normalized spacial score (nSPS) is 16.2. The van der Waals surface area contributed by atoms with Crippen molar-refractivity contribution in [1.82, 2.24) is 15.3 Å². The van der Waals surface area contributed by atoms with Gasteiger partial charge >= 0.3 is 0 Å². The number of nitrogens with one attached hydrogen (secondary N) is 1. The Bertz CT molecular complexity index is 972. The number of thiophene rings is 1. The number of fused-ring (bicyclic) bond motifs is 1. The summed E-state index contributed by atoms with van der Waals surface area (Å²) in [7, 11) is 0. The van der Waals surface area contributed by atoms with Crippen molar-refractivity contribution < 1.29 is 14.9 Å². The second-order valence-corrected chi connectivity index (χ2v) is 8.59. The molecule has 1 unspecified atom stereocenters. The molecule has 1 saturated heterocycles. The van der Waals surface area contributed by atoms with E-state index in [0.717, 1.165) is 42.1 Å². The number of aryl methyl sites for hydroxylation is 1. The van der Waals surface area contributed by atoms with Gasteiger partial charge in [0.2, 0.25) is 0 Å². The van der Waals surface area contributed by atoms with Crippen LogP contribution in [0.2, 0.25) is 0 Å². The fourth-order valence-corrected chi connectivity index (χ4v) is 4.71. The number of aromatic nitrogens is 2. The topological polar surface area (TPSA) is 90.7 Å². The molecule has 0 radical (unpaired) electrons. The lowest BCUT2D eigenvalue weighted by Gasteiger charge is -2.34. The van der Waals surface area contributed by atoms with E-state index in [4.69, 9.17) is 4.74 Å². The molecule has 160 valence electrons. The molecule has 1 aromatic carbocycles. The predicted molar refractivity (Wildman–Crippen MR) is 119 cm³/mol. The van der Waals surface area contributed by atoms with Crippen molar-refractivity contribution in [3.05, 3.63) is 47.1 Å². The van der Waals surface area contributed by atoms with Gasteiger partial charge in [0.05, 0.1) is 12.0 Å². The molecular weight excluding hydrogens is 400 g/mol. The van der Waals surface area contributed by atoms with Gasteiger partial charge in [-0.2, -0.15) is 0 Å². The molecule has 0 spiro atoms. The van der Waals surface area contributed by atoms with Crippen LogP contribution in [0.1, 0.15) is 24.0 Å². The number of nitrogens with zero attached hydrogens (tertiary/aromatic N) is 3. The second kappa shape index (κ2) is 9.70. The van der Waals surface area contributed by atoms with Crippen molar-refractivity contribution in [3.8, 4) is 5.75 Å². The smallest absolute Gasteiger partial charge is 0.141 e. The molecule has 3 aromatic rings. The highest BCUT2D eigenvalue weighted by Crippen LogP contribution is 2.32. The first-order valence-electron chi connectivity index (χ1n) is 10.3. The highest BCUT2D eigenvalue weighted by molar-refractivity contribution is 7.17. The SMILES string of the molecule is Cc1csc2ncnc(N3CCC(NCC(O)COc4cccc(CO)c4)CC3)c12. The van der Waals surface area contributed by atoms with E-state index in [-0.39, 0.29) is 13.2 Å². The van der Waals surface area contributed by atoms with Crippen LogP contribution in [0.15, 0.2) is 36.0 Å². The van der Waals surface area contributed by atoms with Crippen LogP contribution in [0.4, 0.5) is 5.82 Å². The van der Waals surface area contributed by atoms with E-state index in [1.54, 1.807) is 23.7 Å². The van der Waals surface area contributed by atoms with Gasteiger partial charge in [-0.05, 0) is 48.4 Å². The summed E-state index contributed by atoms with van der Waals surface area (Å²) in [6.07, 6.45) is 3.07. The molecule has 3 heterocycles. The monoisotopic (exact) mass is 428 g/mol. The third-order valence-corrected chi connectivity index (χ3v) is 6.50. The number of ether oxygens (including phenoxy) is 1. The van der Waals surface area contributed by atoms with Gasteiger partial charge in [-0.1, -0.05) is 12.1 Å². The van der Waals surface area contributed by atoms with Crippen molar-refractivity contribution >= 4 is 27.4 Å². The largest absolute Gasteiger partial charge is 0.491 e. The first-order chi connectivity index (χ1) is 14.6. The van der Waals surface area contributed by atoms with Crippen LogP contribution in [0.5, 0.6) is 5.75 Å². The Labute approximate surface area is 180 Å². The molecule has 30 heavy (non-hydrogen) atoms. The Morgan fingerprint density at radius 2 is 2.13 bits per heavy atom. The third kappa shape index (κ3) is 4.89. The molecule has 1 fully saturated rings. The fraction of sp³-hybridized carbons (Fsp3) is 0.455. The maximum atomic E-state index is 10.3. The number of hydrogen-bond acceptors (Lipinski definition) is 8. The molecular formula is C22H28N4O3S. The van der Waals surface area contributed by atoms with Gasteiger partial charge in [0.15, 0.2) is 0 Å². The molecule has 3 N–H and O–H groups in total. The Morgan fingerprint density at radius 3 is 2.93 bits per heavy atom. The zero-order valence-electron chi connectivity index (χ0n) is 17.1. The molecule has 4 rings (SSSR count). The minimum atomic E-state index is -0.587. The van der Waals surface area contributed by atoms with Gasteiger partial charge in [0.1, 0.15) is 35.4 Å². The van der Waals surface area contributed by atoms with Crippen LogP contribution in [0.3, 0.4) is 0 Å². The Balaban J connectivity index is 1.23. The Hall–Kier alpha value is -2.26. The van der Waals surface area contributed by atoms with Gasteiger partial charge in [-0.15, -0.1) is 11.3 Å². The maximum Gasteiger partial charge on any atom is 0.141 e. The Morgan fingerprint density at radius 1 is 1.30 bits per heavy atom. The summed E-state index contributed by atoms with van der Waals surface area (Å²) in [4.78, 5) is 12.3. The highest BCUT2D eigenvalue weighted by Gasteiger charge is 2.23. The van der Waals surface area contributed by atoms with Gasteiger partial charge in [0, 0.05) is 25.7 Å². The summed E-state index contributed by atoms with van der Waals surface area (Å²) in [5.74, 6) is 1.70. The predicted octanol–water partition coefficient (Wildman–Crippen LogP) is 2.49. The lowest BCUT2D eigenvalue weighted by atomic mass is 10.0. The van der Waals surface area contributed by atoms with Crippen LogP contribution in [0.25, 0.3) is 10.2 Å². The summed E-state index contributed by atoms with van der Waals surface area (Å²) in [5.41, 5.74) is 2.03. The summed E-state index contributed by atoms with van der Waals surface area (Å²) < 4.78 is 5.65. The van der Waals surface area contributed by atoms with Crippen LogP contribution in [-0.2, 0) is 6.61 Å². The molecule has 0 aliphatic carbocycles. The van der Waals surface area contributed by atoms with Gasteiger partial charge in [-0.3, -0.25) is 0 Å². The first-order valence-corrected chi connectivity index (χ1v) is 11.2. The average molecular weight is 429 g/mol. The number of aliphatic hydroxyl groups is 2. The maximum absolute atomic E-state index is 10.3. The zero-order valence-corrected chi connectivity index (χ0v) is 17.9. The number of rotatable bonds is 8. The molecule has 0 bridgehead atoms. The summed E-state index contributed by atoms with van der Waals surface area (Å²) in [5, 5.41) is 26.2. The number of anilines is 1. The average Bonchev–Trinajstić information content (AvgIpc) is 3.18. The quantitative estimate of drug-likeness (QED) is 0.508. The van der Waals surface area contributed by atoms with Crippen LogP contribution in [-0.4, -0.2) is 58.6 Å². The zero-order chi connectivity index (χ0) is 20.9. The van der Waals surface area contributed by atoms with Crippen molar-refractivity contribution in [2.45, 2.75) is 38.5 Å². The van der Waals surface area contributed by atoms with Gasteiger partial charge in [0.25, 0.3) is 0 Å². The molecule has 7 nitrogen and oxygen atoms in total. The highest BCUT2D eigenvalue weighted by atomic mass is 32.1.